The Balaban J connectivity index is 2.43. The average Bonchev–Trinajstić information content (AvgIpc) is 2.05. The molecule has 1 saturated heterocycles. The Morgan fingerprint density at radius 1 is 1.53 bits per heavy atom. The summed E-state index contributed by atoms with van der Waals surface area (Å²) in [6.45, 7) is 4.87. The Labute approximate surface area is 96.5 Å². The zero-order valence-electron chi connectivity index (χ0n) is 9.08. The van der Waals surface area contributed by atoms with Gasteiger partial charge in [-0.05, 0) is 32.9 Å². The molecule has 0 spiro atoms. The molecule has 0 radical (unpaired) electrons. The average molecular weight is 252 g/mol. The van der Waals surface area contributed by atoms with Crippen LogP contribution in [0.5, 0.6) is 0 Å². The van der Waals surface area contributed by atoms with Gasteiger partial charge < -0.3 is 4.90 Å². The van der Waals surface area contributed by atoms with Gasteiger partial charge in [-0.25, -0.2) is 8.42 Å². The first-order valence-electron chi connectivity index (χ1n) is 5.18. The SMILES string of the molecule is C=C(CC1CCCCN1C)CS(=O)(=O)Cl. The van der Waals surface area contributed by atoms with Crippen molar-refractivity contribution in [1.82, 2.24) is 4.90 Å². The lowest BCUT2D eigenvalue weighted by molar-refractivity contribution is 0.185. The second-order valence-corrected chi connectivity index (χ2v) is 7.04. The maximum atomic E-state index is 10.9. The molecule has 1 aliphatic heterocycles. The molecule has 1 fully saturated rings. The molecule has 1 rings (SSSR count). The number of likely N-dealkylation sites (tertiary alicyclic amines) is 1. The minimum Gasteiger partial charge on any atom is -0.303 e. The van der Waals surface area contributed by atoms with Crippen molar-refractivity contribution in [2.45, 2.75) is 31.7 Å². The predicted octanol–water partition coefficient (Wildman–Crippen LogP) is 1.99. The first kappa shape index (κ1) is 13.0. The predicted molar refractivity (Wildman–Crippen MR) is 63.7 cm³/mol. The Morgan fingerprint density at radius 2 is 2.20 bits per heavy atom. The highest BCUT2D eigenvalue weighted by atomic mass is 35.7. The summed E-state index contributed by atoms with van der Waals surface area (Å²) in [5.74, 6) is -0.0983. The van der Waals surface area contributed by atoms with E-state index in [-0.39, 0.29) is 5.75 Å². The zero-order chi connectivity index (χ0) is 11.5. The van der Waals surface area contributed by atoms with Crippen LogP contribution in [-0.2, 0) is 9.05 Å². The molecule has 0 bridgehead atoms. The third kappa shape index (κ3) is 5.00. The van der Waals surface area contributed by atoms with E-state index in [0.29, 0.717) is 11.6 Å². The van der Waals surface area contributed by atoms with Gasteiger partial charge in [0, 0.05) is 16.7 Å². The number of piperidine rings is 1. The van der Waals surface area contributed by atoms with Crippen LogP contribution in [0.3, 0.4) is 0 Å². The van der Waals surface area contributed by atoms with Crippen LogP contribution in [0.15, 0.2) is 12.2 Å². The molecular weight excluding hydrogens is 234 g/mol. The minimum absolute atomic E-state index is 0.0983. The van der Waals surface area contributed by atoms with Crippen LogP contribution >= 0.6 is 10.7 Å². The second-order valence-electron chi connectivity index (χ2n) is 4.27. The smallest absolute Gasteiger partial charge is 0.236 e. The van der Waals surface area contributed by atoms with Gasteiger partial charge in [-0.3, -0.25) is 0 Å². The molecule has 0 aromatic heterocycles. The monoisotopic (exact) mass is 251 g/mol. The van der Waals surface area contributed by atoms with E-state index >= 15 is 0 Å². The maximum Gasteiger partial charge on any atom is 0.236 e. The molecule has 0 aromatic carbocycles. The third-order valence-corrected chi connectivity index (χ3v) is 3.90. The fraction of sp³-hybridized carbons (Fsp3) is 0.800. The molecule has 0 N–H and O–H groups in total. The van der Waals surface area contributed by atoms with Crippen molar-refractivity contribution in [3.63, 3.8) is 0 Å². The summed E-state index contributed by atoms with van der Waals surface area (Å²) in [5.41, 5.74) is 0.712. The van der Waals surface area contributed by atoms with E-state index in [1.54, 1.807) is 0 Å². The highest BCUT2D eigenvalue weighted by Gasteiger charge is 2.20. The first-order valence-corrected chi connectivity index (χ1v) is 7.65. The Morgan fingerprint density at radius 3 is 2.73 bits per heavy atom. The Bertz CT molecular complexity index is 326. The lowest BCUT2D eigenvalue weighted by Gasteiger charge is -2.32. The molecule has 3 nitrogen and oxygen atoms in total. The van der Waals surface area contributed by atoms with E-state index in [2.05, 4.69) is 18.5 Å². The zero-order valence-corrected chi connectivity index (χ0v) is 10.6. The molecule has 0 saturated carbocycles. The van der Waals surface area contributed by atoms with Crippen molar-refractivity contribution >= 4 is 19.7 Å². The van der Waals surface area contributed by atoms with Crippen molar-refractivity contribution in [3.8, 4) is 0 Å². The molecule has 0 aromatic rings. The lowest BCUT2D eigenvalue weighted by Crippen LogP contribution is -2.36. The van der Waals surface area contributed by atoms with E-state index in [1.165, 1.54) is 12.8 Å². The number of halogens is 1. The molecule has 88 valence electrons. The van der Waals surface area contributed by atoms with Crippen molar-refractivity contribution < 1.29 is 8.42 Å². The summed E-state index contributed by atoms with van der Waals surface area (Å²) in [4.78, 5) is 2.27. The number of hydrogen-bond acceptors (Lipinski definition) is 3. The van der Waals surface area contributed by atoms with E-state index < -0.39 is 9.05 Å². The standard InChI is InChI=1S/C10H18ClNO2S/c1-9(8-15(11,13)14)7-10-5-3-4-6-12(10)2/h10H,1,3-8H2,2H3. The number of hydrogen-bond donors (Lipinski definition) is 0. The normalized spacial score (nSPS) is 24.0. The summed E-state index contributed by atoms with van der Waals surface area (Å²) in [6.07, 6.45) is 4.31. The maximum absolute atomic E-state index is 10.9. The van der Waals surface area contributed by atoms with Gasteiger partial charge in [-0.15, -0.1) is 0 Å². The van der Waals surface area contributed by atoms with Crippen molar-refractivity contribution in [3.05, 3.63) is 12.2 Å². The molecule has 1 aliphatic rings. The summed E-state index contributed by atoms with van der Waals surface area (Å²) in [6, 6.07) is 0.435. The van der Waals surface area contributed by atoms with Crippen LogP contribution < -0.4 is 0 Å². The molecule has 1 heterocycles. The van der Waals surface area contributed by atoms with Crippen molar-refractivity contribution in [2.24, 2.45) is 0 Å². The van der Waals surface area contributed by atoms with E-state index in [9.17, 15) is 8.42 Å². The second kappa shape index (κ2) is 5.32. The van der Waals surface area contributed by atoms with Crippen LogP contribution in [0.2, 0.25) is 0 Å². The summed E-state index contributed by atoms with van der Waals surface area (Å²) in [5, 5.41) is 0. The molecule has 1 atom stereocenters. The third-order valence-electron chi connectivity index (χ3n) is 2.82. The van der Waals surface area contributed by atoms with Gasteiger partial charge in [0.25, 0.3) is 0 Å². The Hall–Kier alpha value is -0.0600. The molecule has 5 heteroatoms. The first-order chi connectivity index (χ1) is 6.88. The van der Waals surface area contributed by atoms with Gasteiger partial charge >= 0.3 is 0 Å². The van der Waals surface area contributed by atoms with Gasteiger partial charge in [0.2, 0.25) is 9.05 Å². The topological polar surface area (TPSA) is 37.4 Å². The summed E-state index contributed by atoms with van der Waals surface area (Å²) in [7, 11) is 3.82. The number of rotatable bonds is 4. The quantitative estimate of drug-likeness (QED) is 0.567. The van der Waals surface area contributed by atoms with Crippen LogP contribution in [0.25, 0.3) is 0 Å². The van der Waals surface area contributed by atoms with Crippen LogP contribution in [0.4, 0.5) is 0 Å². The highest BCUT2D eigenvalue weighted by Crippen LogP contribution is 2.21. The fourth-order valence-corrected chi connectivity index (χ4v) is 3.11. The summed E-state index contributed by atoms with van der Waals surface area (Å²) < 4.78 is 21.7. The molecule has 0 aliphatic carbocycles. The van der Waals surface area contributed by atoms with E-state index in [0.717, 1.165) is 19.4 Å². The fourth-order valence-electron chi connectivity index (χ4n) is 2.04. The van der Waals surface area contributed by atoms with E-state index in [4.69, 9.17) is 10.7 Å². The van der Waals surface area contributed by atoms with Crippen LogP contribution in [-0.4, -0.2) is 38.7 Å². The molecule has 1 unspecified atom stereocenters. The van der Waals surface area contributed by atoms with Gasteiger partial charge in [0.05, 0.1) is 5.75 Å². The number of nitrogens with zero attached hydrogens (tertiary/aromatic N) is 1. The van der Waals surface area contributed by atoms with Crippen LogP contribution in [0.1, 0.15) is 25.7 Å². The van der Waals surface area contributed by atoms with E-state index in [1.807, 2.05) is 0 Å². The highest BCUT2D eigenvalue weighted by molar-refractivity contribution is 8.13. The van der Waals surface area contributed by atoms with Crippen molar-refractivity contribution in [2.75, 3.05) is 19.3 Å². The van der Waals surface area contributed by atoms with Gasteiger partial charge in [-0.2, -0.15) is 0 Å². The van der Waals surface area contributed by atoms with Gasteiger partial charge in [0.1, 0.15) is 0 Å². The Kier molecular flexibility index (Phi) is 4.62. The van der Waals surface area contributed by atoms with Crippen molar-refractivity contribution in [1.29, 1.82) is 0 Å². The van der Waals surface area contributed by atoms with Crippen LogP contribution in [0, 0.1) is 0 Å². The summed E-state index contributed by atoms with van der Waals surface area (Å²) >= 11 is 0. The molecular formula is C10H18ClNO2S. The lowest BCUT2D eigenvalue weighted by atomic mass is 9.97. The minimum atomic E-state index is -3.44. The largest absolute Gasteiger partial charge is 0.303 e. The molecule has 0 amide bonds. The molecule has 15 heavy (non-hydrogen) atoms. The van der Waals surface area contributed by atoms with Gasteiger partial charge in [-0.1, -0.05) is 18.6 Å². The van der Waals surface area contributed by atoms with Gasteiger partial charge in [0.15, 0.2) is 0 Å².